The number of thioether (sulfide) groups is 1. The zero-order valence-electron chi connectivity index (χ0n) is 21.9. The van der Waals surface area contributed by atoms with Crippen LogP contribution in [0.15, 0.2) is 44.8 Å². The van der Waals surface area contributed by atoms with E-state index in [2.05, 4.69) is 18.3 Å². The zero-order valence-corrected chi connectivity index (χ0v) is 22.8. The molecule has 39 heavy (non-hydrogen) atoms. The Morgan fingerprint density at radius 1 is 1.21 bits per heavy atom. The largest absolute Gasteiger partial charge is 0.506 e. The number of carboxylic acids is 1. The molecule has 1 aromatic heterocycles. The van der Waals surface area contributed by atoms with Gasteiger partial charge in [-0.1, -0.05) is 24.8 Å². The van der Waals surface area contributed by atoms with Crippen molar-refractivity contribution in [1.82, 2.24) is 0 Å². The van der Waals surface area contributed by atoms with Crippen LogP contribution in [0.4, 0.5) is 5.69 Å². The summed E-state index contributed by atoms with van der Waals surface area (Å²) in [5, 5.41) is 32.2. The maximum absolute atomic E-state index is 14.2. The van der Waals surface area contributed by atoms with Crippen molar-refractivity contribution >= 4 is 35.1 Å². The first-order chi connectivity index (χ1) is 18.4. The Hall–Kier alpha value is -3.24. The van der Waals surface area contributed by atoms with Gasteiger partial charge in [-0.3, -0.25) is 9.59 Å². The highest BCUT2D eigenvalue weighted by atomic mass is 32.2. The summed E-state index contributed by atoms with van der Waals surface area (Å²) in [4.78, 5) is 40.2. The van der Waals surface area contributed by atoms with E-state index in [0.717, 1.165) is 42.1 Å². The molecule has 3 heterocycles. The Bertz CT molecular complexity index is 1450. The smallest absolute Gasteiger partial charge is 0.339 e. The highest BCUT2D eigenvalue weighted by Gasteiger charge is 2.72. The molecule has 10 heteroatoms. The Kier molecular flexibility index (Phi) is 5.75. The number of phenolic OH excluding ortho intramolecular Hbond substituents is 1. The number of hydrogen-bond donors (Lipinski definition) is 4. The molecule has 1 amide bonds. The molecular weight excluding hydrogens is 522 g/mol. The van der Waals surface area contributed by atoms with Crippen LogP contribution in [0.5, 0.6) is 11.5 Å². The van der Waals surface area contributed by atoms with Gasteiger partial charge in [-0.2, -0.15) is 0 Å². The van der Waals surface area contributed by atoms with Crippen molar-refractivity contribution in [2.75, 3.05) is 5.32 Å². The number of phenols is 2. The van der Waals surface area contributed by atoms with Crippen molar-refractivity contribution < 1.29 is 38.9 Å². The van der Waals surface area contributed by atoms with Gasteiger partial charge in [0.25, 0.3) is 0 Å². The number of rotatable bonds is 7. The van der Waals surface area contributed by atoms with Crippen LogP contribution >= 0.6 is 11.8 Å². The first kappa shape index (κ1) is 26.0. The lowest BCUT2D eigenvalue weighted by Gasteiger charge is -2.56. The second-order valence-electron chi connectivity index (χ2n) is 11.9. The molecule has 3 aliphatic carbocycles. The molecule has 2 aliphatic heterocycles. The number of carboxylic acid groups (broad SMARTS) is 1. The van der Waals surface area contributed by atoms with Crippen molar-refractivity contribution in [3.8, 4) is 11.5 Å². The van der Waals surface area contributed by atoms with E-state index < -0.39 is 34.4 Å². The Morgan fingerprint density at radius 3 is 2.64 bits per heavy atom. The average molecular weight is 554 g/mol. The molecule has 0 unspecified atom stereocenters. The SMILES string of the molecule is Cc1occc1SC1=C[C@]23C[C@H]4C[C@H](O[C@@]4(C)C2)[C@H]3[C@](C)(CCC(=O)Nc2c(O)ccc(C(=O)O)c2O)C1=O. The van der Waals surface area contributed by atoms with Crippen LogP contribution in [0, 0.1) is 29.6 Å². The highest BCUT2D eigenvalue weighted by Crippen LogP contribution is 2.72. The molecule has 206 valence electrons. The van der Waals surface area contributed by atoms with E-state index >= 15 is 0 Å². The van der Waals surface area contributed by atoms with Crippen LogP contribution in [-0.4, -0.2) is 44.7 Å². The number of allylic oxidation sites excluding steroid dienone is 2. The molecule has 4 bridgehead atoms. The molecule has 4 fully saturated rings. The number of hydrogen-bond acceptors (Lipinski definition) is 8. The Balaban J connectivity index is 1.30. The molecule has 0 radical (unpaired) electrons. The number of benzene rings is 1. The second-order valence-corrected chi connectivity index (χ2v) is 13.0. The van der Waals surface area contributed by atoms with Crippen molar-refractivity contribution in [2.45, 2.75) is 69.5 Å². The normalized spacial score (nSPS) is 34.2. The molecule has 2 aromatic rings. The van der Waals surface area contributed by atoms with E-state index in [4.69, 9.17) is 9.15 Å². The fraction of sp³-hybridized carbons (Fsp3) is 0.483. The van der Waals surface area contributed by atoms with Crippen molar-refractivity contribution in [3.63, 3.8) is 0 Å². The van der Waals surface area contributed by atoms with Gasteiger partial charge in [0.05, 0.1) is 27.8 Å². The standard InChI is InChI=1S/C29H31NO8S/c1-14-19(7-9-37-14)39-20-12-29-11-15-10-18(38-28(15,3)13-29)24(29)27(2,25(20)34)8-6-21(32)30-22-17(31)5-4-16(23(22)33)26(35)36/h4-5,7,9,12,15,18,24,31,33H,6,8,10-11,13H2,1-3H3,(H,30,32)(H,35,36)/t15-,18+,24+,27+,28+,29-/m1/s1. The van der Waals surface area contributed by atoms with Gasteiger partial charge in [0.2, 0.25) is 5.91 Å². The first-order valence-corrected chi connectivity index (χ1v) is 13.9. The van der Waals surface area contributed by atoms with Crippen LogP contribution in [0.2, 0.25) is 0 Å². The van der Waals surface area contributed by atoms with Crippen molar-refractivity contribution in [1.29, 1.82) is 0 Å². The van der Waals surface area contributed by atoms with E-state index in [9.17, 15) is 29.7 Å². The van der Waals surface area contributed by atoms with Crippen LogP contribution in [0.3, 0.4) is 0 Å². The van der Waals surface area contributed by atoms with Gasteiger partial charge in [-0.15, -0.1) is 0 Å². The van der Waals surface area contributed by atoms with Crippen LogP contribution < -0.4 is 5.32 Å². The first-order valence-electron chi connectivity index (χ1n) is 13.1. The third-order valence-corrected chi connectivity index (χ3v) is 10.7. The number of Topliss-reactive ketones (excluding diaryl/α,β-unsaturated/α-hetero) is 1. The van der Waals surface area contributed by atoms with Gasteiger partial charge < -0.3 is 29.8 Å². The van der Waals surface area contributed by atoms with E-state index in [0.29, 0.717) is 10.8 Å². The van der Waals surface area contributed by atoms with E-state index in [1.165, 1.54) is 11.8 Å². The third kappa shape index (κ3) is 3.82. The summed E-state index contributed by atoms with van der Waals surface area (Å²) in [7, 11) is 0. The Labute approximate surface area is 229 Å². The van der Waals surface area contributed by atoms with Gasteiger partial charge in [0.1, 0.15) is 22.8 Å². The highest BCUT2D eigenvalue weighted by molar-refractivity contribution is 8.04. The Morgan fingerprint density at radius 2 is 1.97 bits per heavy atom. The number of nitrogens with one attached hydrogen (secondary N) is 1. The minimum atomic E-state index is -1.39. The molecular formula is C29H31NO8S. The number of furan rings is 1. The van der Waals surface area contributed by atoms with E-state index in [-0.39, 0.29) is 47.4 Å². The van der Waals surface area contributed by atoms with Crippen LogP contribution in [0.25, 0.3) is 0 Å². The van der Waals surface area contributed by atoms with Gasteiger partial charge in [0, 0.05) is 17.8 Å². The summed E-state index contributed by atoms with van der Waals surface area (Å²) in [6, 6.07) is 4.01. The van der Waals surface area contributed by atoms with E-state index in [1.54, 1.807) is 6.26 Å². The number of aromatic hydroxyl groups is 2. The predicted octanol–water partition coefficient (Wildman–Crippen LogP) is 5.26. The summed E-state index contributed by atoms with van der Waals surface area (Å²) in [5.41, 5.74) is -2.10. The minimum absolute atomic E-state index is 0.0300. The number of aromatic carboxylic acids is 1. The number of aryl methyl sites for hydroxylation is 1. The van der Waals surface area contributed by atoms with Crippen molar-refractivity contribution in [3.05, 3.63) is 46.8 Å². The molecule has 9 nitrogen and oxygen atoms in total. The molecule has 2 saturated heterocycles. The van der Waals surface area contributed by atoms with Crippen molar-refractivity contribution in [2.24, 2.45) is 22.7 Å². The lowest BCUT2D eigenvalue weighted by atomic mass is 9.51. The molecule has 4 N–H and O–H groups in total. The van der Waals surface area contributed by atoms with Crippen LogP contribution in [0.1, 0.15) is 62.1 Å². The fourth-order valence-corrected chi connectivity index (χ4v) is 9.06. The summed E-state index contributed by atoms with van der Waals surface area (Å²) in [6.45, 7) is 5.97. The fourth-order valence-electron chi connectivity index (χ4n) is 7.89. The lowest BCUT2D eigenvalue weighted by Crippen LogP contribution is -2.57. The molecule has 2 saturated carbocycles. The number of carbonyl (C=O) groups excluding carboxylic acids is 2. The summed E-state index contributed by atoms with van der Waals surface area (Å²) in [5.74, 6) is -2.04. The van der Waals surface area contributed by atoms with Gasteiger partial charge >= 0.3 is 5.97 Å². The maximum atomic E-state index is 14.2. The average Bonchev–Trinajstić information content (AvgIpc) is 3.44. The topological polar surface area (TPSA) is 146 Å². The third-order valence-electron chi connectivity index (χ3n) is 9.50. The number of amides is 1. The molecule has 1 aromatic carbocycles. The summed E-state index contributed by atoms with van der Waals surface area (Å²) < 4.78 is 12.0. The second kappa shape index (κ2) is 8.63. The minimum Gasteiger partial charge on any atom is -0.506 e. The van der Waals surface area contributed by atoms with E-state index in [1.807, 2.05) is 19.9 Å². The summed E-state index contributed by atoms with van der Waals surface area (Å²) in [6.07, 6.45) is 6.55. The molecule has 1 spiro atoms. The van der Waals surface area contributed by atoms with Gasteiger partial charge in [0.15, 0.2) is 11.5 Å². The number of carbonyl (C=O) groups is 3. The van der Waals surface area contributed by atoms with Crippen LogP contribution in [-0.2, 0) is 14.3 Å². The quantitative estimate of drug-likeness (QED) is 0.337. The number of anilines is 1. The van der Waals surface area contributed by atoms with Gasteiger partial charge in [-0.05, 0) is 69.1 Å². The summed E-state index contributed by atoms with van der Waals surface area (Å²) >= 11 is 1.41. The number of ketones is 1. The van der Waals surface area contributed by atoms with Gasteiger partial charge in [-0.25, -0.2) is 4.79 Å². The zero-order chi connectivity index (χ0) is 27.9. The molecule has 5 aliphatic rings. The maximum Gasteiger partial charge on any atom is 0.339 e. The molecule has 6 atom stereocenters. The molecule has 7 rings (SSSR count). The predicted molar refractivity (Wildman–Crippen MR) is 142 cm³/mol. The lowest BCUT2D eigenvalue weighted by molar-refractivity contribution is -0.169. The monoisotopic (exact) mass is 553 g/mol. The number of ether oxygens (including phenoxy) is 1.